The zero-order valence-corrected chi connectivity index (χ0v) is 7.81. The molecule has 0 saturated heterocycles. The summed E-state index contributed by atoms with van der Waals surface area (Å²) in [4.78, 5) is 11.1. The van der Waals surface area contributed by atoms with Crippen LogP contribution in [0.15, 0.2) is 0 Å². The van der Waals surface area contributed by atoms with Crippen LogP contribution in [0, 0.1) is 11.3 Å². The molecule has 0 aromatic carbocycles. The van der Waals surface area contributed by atoms with Crippen LogP contribution in [0.25, 0.3) is 0 Å². The standard InChI is InChI=1S/C10H18O/c1-8(2)4-5-10(6-7-10)9(3)11/h8H,4-7H2,1-3H3. The maximum Gasteiger partial charge on any atom is 0.135 e. The number of rotatable bonds is 4. The summed E-state index contributed by atoms with van der Waals surface area (Å²) < 4.78 is 0. The molecule has 64 valence electrons. The number of carbonyl (C=O) groups excluding carboxylic acids is 1. The Bertz CT molecular complexity index is 154. The minimum Gasteiger partial charge on any atom is -0.299 e. The van der Waals surface area contributed by atoms with Gasteiger partial charge in [0, 0.05) is 5.41 Å². The fraction of sp³-hybridized carbons (Fsp3) is 0.900. The van der Waals surface area contributed by atoms with Gasteiger partial charge in [0.25, 0.3) is 0 Å². The monoisotopic (exact) mass is 154 g/mol. The Labute approximate surface area is 69.2 Å². The van der Waals surface area contributed by atoms with Crippen molar-refractivity contribution >= 4 is 5.78 Å². The van der Waals surface area contributed by atoms with Crippen molar-refractivity contribution in [3.8, 4) is 0 Å². The van der Waals surface area contributed by atoms with Gasteiger partial charge in [-0.3, -0.25) is 4.79 Å². The molecule has 0 unspecified atom stereocenters. The van der Waals surface area contributed by atoms with E-state index in [-0.39, 0.29) is 5.41 Å². The Morgan fingerprint density at radius 1 is 1.45 bits per heavy atom. The second-order valence-corrected chi connectivity index (χ2v) is 4.27. The average Bonchev–Trinajstić information content (AvgIpc) is 2.63. The predicted molar refractivity (Wildman–Crippen MR) is 46.4 cm³/mol. The van der Waals surface area contributed by atoms with Crippen molar-refractivity contribution in [1.29, 1.82) is 0 Å². The fourth-order valence-electron chi connectivity index (χ4n) is 1.49. The molecule has 1 fully saturated rings. The summed E-state index contributed by atoms with van der Waals surface area (Å²) >= 11 is 0. The molecular weight excluding hydrogens is 136 g/mol. The number of carbonyl (C=O) groups is 1. The van der Waals surface area contributed by atoms with Gasteiger partial charge >= 0.3 is 0 Å². The molecule has 0 N–H and O–H groups in total. The smallest absolute Gasteiger partial charge is 0.135 e. The normalized spacial score (nSPS) is 20.4. The summed E-state index contributed by atoms with van der Waals surface area (Å²) in [6, 6.07) is 0. The van der Waals surface area contributed by atoms with E-state index in [1.807, 2.05) is 0 Å². The van der Waals surface area contributed by atoms with Gasteiger partial charge in [0.15, 0.2) is 0 Å². The first-order valence-corrected chi connectivity index (χ1v) is 4.58. The summed E-state index contributed by atoms with van der Waals surface area (Å²) in [6.07, 6.45) is 4.63. The molecule has 0 bridgehead atoms. The minimum atomic E-state index is 0.143. The molecule has 1 nitrogen and oxygen atoms in total. The van der Waals surface area contributed by atoms with E-state index < -0.39 is 0 Å². The van der Waals surface area contributed by atoms with E-state index >= 15 is 0 Å². The Kier molecular flexibility index (Phi) is 2.36. The molecule has 0 aromatic rings. The zero-order chi connectivity index (χ0) is 8.48. The average molecular weight is 154 g/mol. The maximum absolute atomic E-state index is 11.1. The van der Waals surface area contributed by atoms with Crippen LogP contribution >= 0.6 is 0 Å². The minimum absolute atomic E-state index is 0.143. The second-order valence-electron chi connectivity index (χ2n) is 4.27. The van der Waals surface area contributed by atoms with Gasteiger partial charge in [-0.2, -0.15) is 0 Å². The lowest BCUT2D eigenvalue weighted by molar-refractivity contribution is -0.122. The van der Waals surface area contributed by atoms with E-state index in [9.17, 15) is 4.79 Å². The van der Waals surface area contributed by atoms with Crippen molar-refractivity contribution < 1.29 is 4.79 Å². The number of Topliss-reactive ketones (excluding diaryl/α,β-unsaturated/α-hetero) is 1. The third-order valence-electron chi connectivity index (χ3n) is 2.80. The molecular formula is C10H18O. The van der Waals surface area contributed by atoms with Gasteiger partial charge in [-0.1, -0.05) is 20.3 Å². The van der Waals surface area contributed by atoms with E-state index in [1.165, 1.54) is 6.42 Å². The van der Waals surface area contributed by atoms with Gasteiger partial charge in [0.2, 0.25) is 0 Å². The predicted octanol–water partition coefficient (Wildman–Crippen LogP) is 2.79. The maximum atomic E-state index is 11.1. The van der Waals surface area contributed by atoms with Crippen molar-refractivity contribution in [3.05, 3.63) is 0 Å². The summed E-state index contributed by atoms with van der Waals surface area (Å²) in [5.41, 5.74) is 0.143. The lowest BCUT2D eigenvalue weighted by atomic mass is 9.92. The van der Waals surface area contributed by atoms with E-state index in [4.69, 9.17) is 0 Å². The van der Waals surface area contributed by atoms with Crippen LogP contribution in [-0.2, 0) is 4.79 Å². The van der Waals surface area contributed by atoms with Gasteiger partial charge in [-0.15, -0.1) is 0 Å². The van der Waals surface area contributed by atoms with E-state index in [1.54, 1.807) is 6.92 Å². The summed E-state index contributed by atoms with van der Waals surface area (Å²) in [5, 5.41) is 0. The fourth-order valence-corrected chi connectivity index (χ4v) is 1.49. The molecule has 0 spiro atoms. The van der Waals surface area contributed by atoms with Crippen molar-refractivity contribution in [2.75, 3.05) is 0 Å². The molecule has 0 amide bonds. The highest BCUT2D eigenvalue weighted by molar-refractivity contribution is 5.84. The van der Waals surface area contributed by atoms with Gasteiger partial charge < -0.3 is 0 Å². The van der Waals surface area contributed by atoms with E-state index in [2.05, 4.69) is 13.8 Å². The molecule has 0 heterocycles. The second kappa shape index (κ2) is 2.96. The Balaban J connectivity index is 2.31. The molecule has 1 saturated carbocycles. The molecule has 1 aliphatic rings. The van der Waals surface area contributed by atoms with Crippen molar-refractivity contribution in [2.45, 2.75) is 46.5 Å². The first-order valence-electron chi connectivity index (χ1n) is 4.58. The molecule has 0 aliphatic heterocycles. The largest absolute Gasteiger partial charge is 0.299 e. The number of hydrogen-bond donors (Lipinski definition) is 0. The summed E-state index contributed by atoms with van der Waals surface area (Å²) in [6.45, 7) is 6.18. The number of hydrogen-bond acceptors (Lipinski definition) is 1. The van der Waals surface area contributed by atoms with Gasteiger partial charge in [0.1, 0.15) is 5.78 Å². The molecule has 1 rings (SSSR count). The number of ketones is 1. The highest BCUT2D eigenvalue weighted by atomic mass is 16.1. The highest BCUT2D eigenvalue weighted by Crippen LogP contribution is 2.50. The SMILES string of the molecule is CC(=O)C1(CCC(C)C)CC1. The Hall–Kier alpha value is -0.330. The molecule has 0 aromatic heterocycles. The lowest BCUT2D eigenvalue weighted by Gasteiger charge is -2.11. The van der Waals surface area contributed by atoms with Gasteiger partial charge in [-0.25, -0.2) is 0 Å². The third-order valence-corrected chi connectivity index (χ3v) is 2.80. The lowest BCUT2D eigenvalue weighted by Crippen LogP contribution is -2.12. The zero-order valence-electron chi connectivity index (χ0n) is 7.81. The molecule has 11 heavy (non-hydrogen) atoms. The van der Waals surface area contributed by atoms with E-state index in [0.29, 0.717) is 5.78 Å². The van der Waals surface area contributed by atoms with Crippen LogP contribution < -0.4 is 0 Å². The van der Waals surface area contributed by atoms with Gasteiger partial charge in [0.05, 0.1) is 0 Å². The van der Waals surface area contributed by atoms with Crippen LogP contribution in [0.1, 0.15) is 46.5 Å². The molecule has 1 aliphatic carbocycles. The van der Waals surface area contributed by atoms with E-state index in [0.717, 1.165) is 25.2 Å². The molecule has 0 radical (unpaired) electrons. The van der Waals surface area contributed by atoms with Crippen LogP contribution in [0.2, 0.25) is 0 Å². The first-order chi connectivity index (χ1) is 5.07. The summed E-state index contributed by atoms with van der Waals surface area (Å²) in [7, 11) is 0. The molecule has 1 heteroatoms. The van der Waals surface area contributed by atoms with Crippen LogP contribution in [0.3, 0.4) is 0 Å². The van der Waals surface area contributed by atoms with Gasteiger partial charge in [-0.05, 0) is 32.1 Å². The van der Waals surface area contributed by atoms with Crippen LogP contribution in [-0.4, -0.2) is 5.78 Å². The highest BCUT2D eigenvalue weighted by Gasteiger charge is 2.46. The topological polar surface area (TPSA) is 17.1 Å². The first kappa shape index (κ1) is 8.76. The third kappa shape index (κ3) is 2.05. The quantitative estimate of drug-likeness (QED) is 0.608. The van der Waals surface area contributed by atoms with Crippen molar-refractivity contribution in [2.24, 2.45) is 11.3 Å². The molecule has 0 atom stereocenters. The Morgan fingerprint density at radius 3 is 2.27 bits per heavy atom. The Morgan fingerprint density at radius 2 is 2.00 bits per heavy atom. The van der Waals surface area contributed by atoms with Crippen molar-refractivity contribution in [3.63, 3.8) is 0 Å². The van der Waals surface area contributed by atoms with Crippen LogP contribution in [0.4, 0.5) is 0 Å². The van der Waals surface area contributed by atoms with Crippen LogP contribution in [0.5, 0.6) is 0 Å². The van der Waals surface area contributed by atoms with Crippen molar-refractivity contribution in [1.82, 2.24) is 0 Å². The summed E-state index contributed by atoms with van der Waals surface area (Å²) in [5.74, 6) is 1.16.